The molecule has 0 spiro atoms. The zero-order valence-corrected chi connectivity index (χ0v) is 28.5. The predicted molar refractivity (Wildman–Crippen MR) is 133 cm³/mol. The first-order valence-electron chi connectivity index (χ1n) is 9.70. The first kappa shape index (κ1) is 28.1. The van der Waals surface area contributed by atoms with Crippen LogP contribution in [0.4, 0.5) is 0 Å². The third-order valence-corrected chi connectivity index (χ3v) is 23.6. The van der Waals surface area contributed by atoms with Crippen molar-refractivity contribution in [1.82, 2.24) is 0 Å². The molecule has 0 aromatic heterocycles. The van der Waals surface area contributed by atoms with Crippen LogP contribution in [-0.2, 0) is 22.1 Å². The maximum absolute atomic E-state index is 7.02. The van der Waals surface area contributed by atoms with Gasteiger partial charge in [-0.1, -0.05) is 19.6 Å². The van der Waals surface area contributed by atoms with E-state index in [1.54, 1.807) is 0 Å². The summed E-state index contributed by atoms with van der Waals surface area (Å²) in [6.45, 7) is 28.7. The van der Waals surface area contributed by atoms with Crippen LogP contribution in [0.25, 0.3) is 0 Å². The van der Waals surface area contributed by atoms with E-state index in [0.717, 1.165) is 0 Å². The molecule has 163 valence electrons. The average molecular weight is 486 g/mol. The minimum atomic E-state index is -2.08. The van der Waals surface area contributed by atoms with Gasteiger partial charge in [-0.2, -0.15) is 0 Å². The van der Waals surface area contributed by atoms with Gasteiger partial charge in [0.15, 0.2) is 24.5 Å². The molecule has 1 atom stereocenters. The molecule has 0 fully saturated rings. The van der Waals surface area contributed by atoms with Gasteiger partial charge in [0, 0.05) is 0 Å². The van der Waals surface area contributed by atoms with E-state index < -0.39 is 43.4 Å². The van der Waals surface area contributed by atoms with Crippen LogP contribution >= 0.6 is 0 Å². The van der Waals surface area contributed by atoms with Crippen LogP contribution in [-0.4, -0.2) is 64.4 Å². The fraction of sp³-hybridized carbons (Fsp3) is 0.938. The van der Waals surface area contributed by atoms with Gasteiger partial charge in [0.05, 0.1) is 7.59 Å². The Balaban J connectivity index is 6.56. The lowest BCUT2D eigenvalue weighted by molar-refractivity contribution is -0.259. The standard InChI is InChI=1S/C16H45O5Si6/c1-15(2,19-22)16(20-23,21-27(12,13)26(9,10)11)14(17-24(3,4)5)18-25(6,7)8/h1-13,22-23H3. The fourth-order valence-corrected chi connectivity index (χ4v) is 7.65. The van der Waals surface area contributed by atoms with E-state index in [1.807, 2.05) is 13.8 Å². The molecule has 0 saturated heterocycles. The highest BCUT2D eigenvalue weighted by molar-refractivity contribution is 7.37. The Morgan fingerprint density at radius 1 is 0.667 bits per heavy atom. The molecule has 1 unspecified atom stereocenters. The van der Waals surface area contributed by atoms with Crippen LogP contribution in [0.3, 0.4) is 0 Å². The largest absolute Gasteiger partial charge is 0.417 e. The summed E-state index contributed by atoms with van der Waals surface area (Å²) in [6, 6.07) is 0. The van der Waals surface area contributed by atoms with Gasteiger partial charge in [0.1, 0.15) is 26.6 Å². The molecule has 0 aromatic rings. The first-order valence-corrected chi connectivity index (χ1v) is 25.6. The minimum absolute atomic E-state index is 0.490. The van der Waals surface area contributed by atoms with E-state index in [0.29, 0.717) is 27.3 Å². The Kier molecular flexibility index (Phi) is 9.45. The van der Waals surface area contributed by atoms with Gasteiger partial charge >= 0.3 is 0 Å². The van der Waals surface area contributed by atoms with Crippen molar-refractivity contribution in [2.45, 2.75) is 97.3 Å². The fourth-order valence-electron chi connectivity index (χ4n) is 2.14. The van der Waals surface area contributed by atoms with Crippen molar-refractivity contribution in [3.63, 3.8) is 0 Å². The van der Waals surface area contributed by atoms with Crippen LogP contribution in [0.2, 0.25) is 72.0 Å². The van der Waals surface area contributed by atoms with E-state index in [-0.39, 0.29) is 0 Å². The van der Waals surface area contributed by atoms with Gasteiger partial charge < -0.3 is 22.1 Å². The quantitative estimate of drug-likeness (QED) is 0.332. The van der Waals surface area contributed by atoms with Crippen molar-refractivity contribution in [3.05, 3.63) is 6.29 Å². The maximum Gasteiger partial charge on any atom is 0.266 e. The molecule has 1 radical (unpaired) electrons. The molecule has 0 heterocycles. The van der Waals surface area contributed by atoms with E-state index in [9.17, 15) is 0 Å². The molecule has 11 heteroatoms. The lowest BCUT2D eigenvalue weighted by Crippen LogP contribution is -2.69. The van der Waals surface area contributed by atoms with Gasteiger partial charge in [0.25, 0.3) is 6.29 Å². The zero-order chi connectivity index (χ0) is 22.1. The summed E-state index contributed by atoms with van der Waals surface area (Å²) in [5.74, 6) is -1.13. The molecule has 0 aliphatic rings. The van der Waals surface area contributed by atoms with Crippen LogP contribution in [0.1, 0.15) is 13.8 Å². The monoisotopic (exact) mass is 485 g/mol. The maximum atomic E-state index is 7.02. The van der Waals surface area contributed by atoms with Crippen molar-refractivity contribution in [3.8, 4) is 0 Å². The van der Waals surface area contributed by atoms with Gasteiger partial charge in [-0.3, -0.25) is 0 Å². The van der Waals surface area contributed by atoms with Crippen LogP contribution in [0.15, 0.2) is 0 Å². The zero-order valence-electron chi connectivity index (χ0n) is 20.5. The highest BCUT2D eigenvalue weighted by Crippen LogP contribution is 2.45. The summed E-state index contributed by atoms with van der Waals surface area (Å²) >= 11 is 0. The van der Waals surface area contributed by atoms with Crippen molar-refractivity contribution in [2.75, 3.05) is 0 Å². The summed E-state index contributed by atoms with van der Waals surface area (Å²) in [6.07, 6.45) is 0.496. The van der Waals surface area contributed by atoms with Crippen LogP contribution in [0.5, 0.6) is 0 Å². The predicted octanol–water partition coefficient (Wildman–Crippen LogP) is 2.89. The van der Waals surface area contributed by atoms with E-state index in [4.69, 9.17) is 22.1 Å². The molecule has 0 saturated carbocycles. The second kappa shape index (κ2) is 9.08. The summed E-state index contributed by atoms with van der Waals surface area (Å²) < 4.78 is 32.4. The Labute approximate surface area is 178 Å². The van der Waals surface area contributed by atoms with Gasteiger partial charge in [-0.05, 0) is 66.2 Å². The number of hydrogen-bond donors (Lipinski definition) is 0. The van der Waals surface area contributed by atoms with Crippen molar-refractivity contribution in [2.24, 2.45) is 0 Å². The molecule has 0 rings (SSSR count). The van der Waals surface area contributed by atoms with Gasteiger partial charge in [0.2, 0.25) is 5.79 Å². The summed E-state index contributed by atoms with van der Waals surface area (Å²) in [7, 11) is -6.50. The van der Waals surface area contributed by atoms with Crippen LogP contribution in [0, 0.1) is 6.29 Å². The first-order chi connectivity index (χ1) is 11.6. The third-order valence-electron chi connectivity index (χ3n) is 4.86. The Morgan fingerprint density at radius 2 is 1.04 bits per heavy atom. The molecule has 5 nitrogen and oxygen atoms in total. The lowest BCUT2D eigenvalue weighted by Gasteiger charge is -2.54. The molecule has 27 heavy (non-hydrogen) atoms. The van der Waals surface area contributed by atoms with Crippen molar-refractivity contribution >= 4 is 53.0 Å². The lowest BCUT2D eigenvalue weighted by atomic mass is 9.97. The van der Waals surface area contributed by atoms with E-state index in [1.165, 1.54) is 0 Å². The summed E-state index contributed by atoms with van der Waals surface area (Å²) in [4.78, 5) is 0. The van der Waals surface area contributed by atoms with Gasteiger partial charge in [-0.15, -0.1) is 0 Å². The smallest absolute Gasteiger partial charge is 0.266 e. The molecule has 0 N–H and O–H groups in total. The SMILES string of the molecule is CC(C)(O[SiH3])C(O[SiH3])(O[Si](C)(C)[Si](C)(C)C)[C](O[Si](C)(C)C)O[Si](C)(C)C. The minimum Gasteiger partial charge on any atom is -0.417 e. The Bertz CT molecular complexity index is 465. The molecule has 0 aliphatic heterocycles. The average Bonchev–Trinajstić information content (AvgIpc) is 2.39. The summed E-state index contributed by atoms with van der Waals surface area (Å²) in [5.41, 5.74) is -0.695. The second-order valence-corrected chi connectivity index (χ2v) is 36.6. The van der Waals surface area contributed by atoms with Crippen molar-refractivity contribution in [1.29, 1.82) is 0 Å². The molecule has 0 amide bonds. The molecular weight excluding hydrogens is 441 g/mol. The number of hydrogen-bond acceptors (Lipinski definition) is 5. The summed E-state index contributed by atoms with van der Waals surface area (Å²) in [5, 5.41) is 0. The highest BCUT2D eigenvalue weighted by Gasteiger charge is 2.61. The van der Waals surface area contributed by atoms with E-state index >= 15 is 0 Å². The Hall–Kier alpha value is 1.10. The molecular formula is C16H45O5Si6. The molecule has 0 bridgehead atoms. The normalized spacial score (nSPS) is 17.6. The molecule has 0 aliphatic carbocycles. The highest BCUT2D eigenvalue weighted by atomic mass is 29.3. The van der Waals surface area contributed by atoms with Gasteiger partial charge in [-0.25, -0.2) is 0 Å². The van der Waals surface area contributed by atoms with E-state index in [2.05, 4.69) is 72.0 Å². The number of rotatable bonds is 11. The third kappa shape index (κ3) is 7.70. The topological polar surface area (TPSA) is 46.2 Å². The molecule has 0 aromatic carbocycles. The Morgan fingerprint density at radius 3 is 1.26 bits per heavy atom. The second-order valence-electron chi connectivity index (χ2n) is 11.1. The van der Waals surface area contributed by atoms with Crippen molar-refractivity contribution < 1.29 is 22.1 Å². The van der Waals surface area contributed by atoms with Crippen LogP contribution < -0.4 is 0 Å².